The normalized spacial score (nSPS) is 12.2. The highest BCUT2D eigenvalue weighted by Crippen LogP contribution is 2.29. The molecule has 166 valence electrons. The lowest BCUT2D eigenvalue weighted by molar-refractivity contribution is 0.597. The van der Waals surface area contributed by atoms with E-state index < -0.39 is 19.9 Å². The van der Waals surface area contributed by atoms with Crippen molar-refractivity contribution in [1.29, 1.82) is 0 Å². The summed E-state index contributed by atoms with van der Waals surface area (Å²) < 4.78 is 49.2. The fourth-order valence-electron chi connectivity index (χ4n) is 3.41. The molecule has 0 saturated heterocycles. The zero-order chi connectivity index (χ0) is 23.1. The van der Waals surface area contributed by atoms with E-state index in [9.17, 15) is 16.8 Å². The van der Waals surface area contributed by atoms with Crippen LogP contribution in [0.2, 0.25) is 0 Å². The van der Waals surface area contributed by atoms with Gasteiger partial charge in [-0.15, -0.1) is 0 Å². The molecule has 0 unspecified atom stereocenters. The molecular formula is C21H21N5O4S2. The summed E-state index contributed by atoms with van der Waals surface area (Å²) in [6.07, 6.45) is 3.35. The molecule has 0 amide bonds. The topological polar surface area (TPSA) is 137 Å². The second-order valence-corrected chi connectivity index (χ2v) is 11.0. The Morgan fingerprint density at radius 3 is 2.31 bits per heavy atom. The molecule has 4 rings (SSSR count). The van der Waals surface area contributed by atoms with E-state index in [0.29, 0.717) is 29.3 Å². The fraction of sp³-hybridized carbons (Fsp3) is 0.143. The van der Waals surface area contributed by atoms with E-state index in [1.807, 2.05) is 23.9 Å². The zero-order valence-electron chi connectivity index (χ0n) is 17.3. The first-order valence-electron chi connectivity index (χ1n) is 9.52. The highest BCUT2D eigenvalue weighted by molar-refractivity contribution is 7.91. The highest BCUT2D eigenvalue weighted by atomic mass is 32.2. The smallest absolute Gasteiger partial charge is 0.238 e. The number of benzene rings is 2. The Morgan fingerprint density at radius 1 is 0.969 bits per heavy atom. The molecule has 2 aromatic carbocycles. The summed E-state index contributed by atoms with van der Waals surface area (Å²) in [4.78, 5) is 9.44. The maximum atomic E-state index is 12.2. The number of hydrogen-bond donors (Lipinski definition) is 2. The van der Waals surface area contributed by atoms with Gasteiger partial charge in [0, 0.05) is 25.9 Å². The van der Waals surface area contributed by atoms with Gasteiger partial charge in [0.05, 0.1) is 21.0 Å². The average Bonchev–Trinajstić information content (AvgIpc) is 3.08. The molecule has 0 aliphatic carbocycles. The lowest BCUT2D eigenvalue weighted by atomic mass is 10.1. The minimum absolute atomic E-state index is 0.0282. The van der Waals surface area contributed by atoms with Gasteiger partial charge in [-0.1, -0.05) is 24.3 Å². The van der Waals surface area contributed by atoms with Crippen LogP contribution in [0.3, 0.4) is 0 Å². The molecule has 2 heterocycles. The van der Waals surface area contributed by atoms with Crippen molar-refractivity contribution in [3.05, 3.63) is 72.2 Å². The Bertz CT molecular complexity index is 1530. The van der Waals surface area contributed by atoms with Crippen LogP contribution in [0.15, 0.2) is 70.6 Å². The van der Waals surface area contributed by atoms with Gasteiger partial charge in [0.2, 0.25) is 10.0 Å². The lowest BCUT2D eigenvalue weighted by Gasteiger charge is -2.13. The Morgan fingerprint density at radius 2 is 1.66 bits per heavy atom. The minimum atomic E-state index is -3.77. The molecule has 0 fully saturated rings. The van der Waals surface area contributed by atoms with E-state index >= 15 is 0 Å². The third-order valence-electron chi connectivity index (χ3n) is 4.92. The summed E-state index contributed by atoms with van der Waals surface area (Å²) in [6.45, 7) is 0. The molecule has 2 aromatic heterocycles. The number of sulfonamides is 1. The van der Waals surface area contributed by atoms with Crippen molar-refractivity contribution in [3.8, 4) is 0 Å². The van der Waals surface area contributed by atoms with Crippen LogP contribution in [0.5, 0.6) is 0 Å². The third kappa shape index (κ3) is 4.49. The maximum absolute atomic E-state index is 12.2. The van der Waals surface area contributed by atoms with Crippen LogP contribution in [0.4, 0.5) is 11.5 Å². The van der Waals surface area contributed by atoms with Crippen LogP contribution in [0.25, 0.3) is 11.0 Å². The van der Waals surface area contributed by atoms with Gasteiger partial charge in [0.25, 0.3) is 0 Å². The number of rotatable bonds is 6. The Kier molecular flexibility index (Phi) is 5.49. The Balaban J connectivity index is 1.75. The van der Waals surface area contributed by atoms with E-state index in [0.717, 1.165) is 17.3 Å². The number of fused-ring (bicyclic) bond motifs is 1. The largest absolute Gasteiger partial charge is 0.346 e. The van der Waals surface area contributed by atoms with Crippen LogP contribution in [-0.4, -0.2) is 37.6 Å². The molecule has 0 atom stereocenters. The van der Waals surface area contributed by atoms with Gasteiger partial charge in [-0.3, -0.25) is 0 Å². The number of anilines is 2. The second-order valence-electron chi connectivity index (χ2n) is 7.41. The van der Waals surface area contributed by atoms with Gasteiger partial charge < -0.3 is 9.88 Å². The van der Waals surface area contributed by atoms with Crippen LogP contribution in [0.1, 0.15) is 11.4 Å². The summed E-state index contributed by atoms with van der Waals surface area (Å²) in [5.74, 6) is 0.959. The molecule has 0 radical (unpaired) electrons. The van der Waals surface area contributed by atoms with Crippen molar-refractivity contribution in [2.24, 2.45) is 12.2 Å². The standard InChI is InChI=1S/C21H21N5O4S2/c1-26-12-11-17-20(26)21(24-16-5-3-4-6-18(16)31(2,27)28)25-19(23-17)13-14-7-9-15(10-8-14)32(22,29)30/h3-12H,13H2,1-2H3,(H2,22,29,30)(H,23,24,25). The number of nitrogens with one attached hydrogen (secondary N) is 1. The maximum Gasteiger partial charge on any atom is 0.238 e. The number of nitrogens with zero attached hydrogens (tertiary/aromatic N) is 3. The van der Waals surface area contributed by atoms with E-state index in [2.05, 4.69) is 15.3 Å². The van der Waals surface area contributed by atoms with Crippen molar-refractivity contribution >= 4 is 42.4 Å². The summed E-state index contributed by atoms with van der Waals surface area (Å²) in [5, 5.41) is 8.31. The summed E-state index contributed by atoms with van der Waals surface area (Å²) in [5.41, 5.74) is 2.63. The van der Waals surface area contributed by atoms with Gasteiger partial charge in [0.15, 0.2) is 15.7 Å². The van der Waals surface area contributed by atoms with Crippen molar-refractivity contribution < 1.29 is 16.8 Å². The molecular weight excluding hydrogens is 450 g/mol. The molecule has 0 aliphatic rings. The molecule has 0 aliphatic heterocycles. The second kappa shape index (κ2) is 8.01. The first-order valence-corrected chi connectivity index (χ1v) is 13.0. The Labute approximate surface area is 185 Å². The minimum Gasteiger partial charge on any atom is -0.346 e. The molecule has 0 bridgehead atoms. The highest BCUT2D eigenvalue weighted by Gasteiger charge is 2.17. The van der Waals surface area contributed by atoms with Gasteiger partial charge in [-0.25, -0.2) is 31.9 Å². The number of sulfone groups is 1. The summed E-state index contributed by atoms with van der Waals surface area (Å²) >= 11 is 0. The molecule has 11 heteroatoms. The molecule has 4 aromatic rings. The van der Waals surface area contributed by atoms with Crippen LogP contribution in [-0.2, 0) is 33.3 Å². The SMILES string of the molecule is Cn1ccc2nc(Cc3ccc(S(N)(=O)=O)cc3)nc(Nc3ccccc3S(C)(=O)=O)c21. The quantitative estimate of drug-likeness (QED) is 0.440. The van der Waals surface area contributed by atoms with Crippen LogP contribution >= 0.6 is 0 Å². The monoisotopic (exact) mass is 471 g/mol. The van der Waals surface area contributed by atoms with Gasteiger partial charge in [-0.2, -0.15) is 0 Å². The predicted molar refractivity (Wildman–Crippen MR) is 122 cm³/mol. The van der Waals surface area contributed by atoms with Gasteiger partial charge in [0.1, 0.15) is 11.3 Å². The summed E-state index contributed by atoms with van der Waals surface area (Å²) in [6, 6.07) is 14.7. The number of para-hydroxylation sites is 1. The molecule has 32 heavy (non-hydrogen) atoms. The van der Waals surface area contributed by atoms with Crippen molar-refractivity contribution in [3.63, 3.8) is 0 Å². The first-order chi connectivity index (χ1) is 15.0. The molecule has 0 spiro atoms. The van der Waals surface area contributed by atoms with Crippen LogP contribution < -0.4 is 10.5 Å². The lowest BCUT2D eigenvalue weighted by Crippen LogP contribution is -2.12. The van der Waals surface area contributed by atoms with Gasteiger partial charge in [-0.05, 0) is 35.9 Å². The average molecular weight is 472 g/mol. The van der Waals surface area contributed by atoms with Crippen LogP contribution in [0, 0.1) is 0 Å². The van der Waals surface area contributed by atoms with E-state index in [4.69, 9.17) is 5.14 Å². The Hall–Kier alpha value is -3.28. The van der Waals surface area contributed by atoms with Crippen molar-refractivity contribution in [2.45, 2.75) is 16.2 Å². The third-order valence-corrected chi connectivity index (χ3v) is 7.00. The molecule has 3 N–H and O–H groups in total. The number of primary sulfonamides is 1. The van der Waals surface area contributed by atoms with Crippen molar-refractivity contribution in [1.82, 2.24) is 14.5 Å². The van der Waals surface area contributed by atoms with E-state index in [-0.39, 0.29) is 9.79 Å². The van der Waals surface area contributed by atoms with E-state index in [1.54, 1.807) is 30.3 Å². The number of aryl methyl sites for hydroxylation is 1. The summed E-state index contributed by atoms with van der Waals surface area (Å²) in [7, 11) is -5.37. The van der Waals surface area contributed by atoms with Crippen molar-refractivity contribution in [2.75, 3.05) is 11.6 Å². The molecule has 0 saturated carbocycles. The number of nitrogens with two attached hydrogens (primary N) is 1. The van der Waals surface area contributed by atoms with Gasteiger partial charge >= 0.3 is 0 Å². The predicted octanol–water partition coefficient (Wildman–Crippen LogP) is 2.35. The fourth-order valence-corrected chi connectivity index (χ4v) is 4.77. The van der Waals surface area contributed by atoms with E-state index in [1.165, 1.54) is 18.2 Å². The first kappa shape index (κ1) is 21.9. The molecule has 9 nitrogen and oxygen atoms in total. The zero-order valence-corrected chi connectivity index (χ0v) is 19.0. The number of aromatic nitrogens is 3. The number of hydrogen-bond acceptors (Lipinski definition) is 7.